The topological polar surface area (TPSA) is 66.6 Å². The first kappa shape index (κ1) is 15.8. The van der Waals surface area contributed by atoms with Crippen molar-refractivity contribution in [2.75, 3.05) is 13.1 Å². The van der Waals surface area contributed by atoms with Gasteiger partial charge in [0.15, 0.2) is 0 Å². The molecule has 5 heteroatoms. The van der Waals surface area contributed by atoms with Crippen LogP contribution in [0, 0.1) is 6.92 Å². The highest BCUT2D eigenvalue weighted by molar-refractivity contribution is 5.97. The third-order valence-electron chi connectivity index (χ3n) is 3.54. The summed E-state index contributed by atoms with van der Waals surface area (Å²) in [6.45, 7) is 3.12. The Bertz CT molecular complexity index is 451. The highest BCUT2D eigenvalue weighted by Gasteiger charge is 2.27. The fourth-order valence-corrected chi connectivity index (χ4v) is 2.49. The van der Waals surface area contributed by atoms with Crippen LogP contribution in [-0.4, -0.2) is 35.0 Å². The maximum absolute atomic E-state index is 12.5. The minimum atomic E-state index is -0.105. The summed E-state index contributed by atoms with van der Waals surface area (Å²) in [6.07, 6.45) is 3.08. The second kappa shape index (κ2) is 6.78. The summed E-state index contributed by atoms with van der Waals surface area (Å²) in [5, 5.41) is 9.82. The molecular weight excluding hydrogens is 264 g/mol. The van der Waals surface area contributed by atoms with Crippen LogP contribution in [-0.2, 0) is 0 Å². The molecule has 4 nitrogen and oxygen atoms in total. The van der Waals surface area contributed by atoms with E-state index in [1.807, 2.05) is 6.92 Å². The van der Waals surface area contributed by atoms with Crippen molar-refractivity contribution < 1.29 is 9.90 Å². The quantitative estimate of drug-likeness (QED) is 0.874. The molecule has 1 unspecified atom stereocenters. The molecule has 0 aliphatic carbocycles. The van der Waals surface area contributed by atoms with Crippen LogP contribution < -0.4 is 5.73 Å². The lowest BCUT2D eigenvalue weighted by Gasteiger charge is -2.35. The first-order chi connectivity index (χ1) is 8.63. The normalized spacial score (nSPS) is 18.8. The molecule has 1 aromatic carbocycles. The Balaban J connectivity index is 0.00000180. The highest BCUT2D eigenvalue weighted by Crippen LogP contribution is 2.24. The van der Waals surface area contributed by atoms with Crippen LogP contribution in [0.1, 0.15) is 35.2 Å². The second-order valence-corrected chi connectivity index (χ2v) is 4.90. The van der Waals surface area contributed by atoms with E-state index in [2.05, 4.69) is 0 Å². The number of nitrogens with two attached hydrogens (primary N) is 1. The van der Waals surface area contributed by atoms with Gasteiger partial charge in [-0.1, -0.05) is 11.6 Å². The number of hydrogen-bond acceptors (Lipinski definition) is 3. The van der Waals surface area contributed by atoms with Gasteiger partial charge in [0.25, 0.3) is 5.91 Å². The van der Waals surface area contributed by atoms with Crippen molar-refractivity contribution in [2.45, 2.75) is 32.2 Å². The van der Waals surface area contributed by atoms with Crippen molar-refractivity contribution in [2.24, 2.45) is 5.73 Å². The van der Waals surface area contributed by atoms with Gasteiger partial charge in [-0.3, -0.25) is 4.79 Å². The first-order valence-corrected chi connectivity index (χ1v) is 6.44. The van der Waals surface area contributed by atoms with Crippen LogP contribution in [0.3, 0.4) is 0 Å². The second-order valence-electron chi connectivity index (χ2n) is 4.90. The summed E-state index contributed by atoms with van der Waals surface area (Å²) in [4.78, 5) is 14.3. The van der Waals surface area contributed by atoms with E-state index < -0.39 is 0 Å². The number of phenolic OH excluding ortho intramolecular Hbond substituents is 1. The van der Waals surface area contributed by atoms with E-state index in [1.54, 1.807) is 23.1 Å². The number of nitrogens with zero attached hydrogens (tertiary/aromatic N) is 1. The third kappa shape index (κ3) is 3.39. The number of halogens is 1. The summed E-state index contributed by atoms with van der Waals surface area (Å²) in [5.41, 5.74) is 7.08. The summed E-state index contributed by atoms with van der Waals surface area (Å²) >= 11 is 0. The number of carbonyl (C=O) groups is 1. The Hall–Kier alpha value is -1.26. The monoisotopic (exact) mass is 284 g/mol. The van der Waals surface area contributed by atoms with Crippen molar-refractivity contribution in [1.29, 1.82) is 0 Å². The molecule has 1 amide bonds. The molecule has 1 aliphatic rings. The summed E-state index contributed by atoms with van der Waals surface area (Å²) in [7, 11) is 0. The predicted molar refractivity (Wildman–Crippen MR) is 77.8 cm³/mol. The van der Waals surface area contributed by atoms with E-state index in [-0.39, 0.29) is 30.1 Å². The van der Waals surface area contributed by atoms with Crippen LogP contribution in [0.25, 0.3) is 0 Å². The molecule has 1 saturated heterocycles. The maximum atomic E-state index is 12.5. The number of amides is 1. The molecule has 1 atom stereocenters. The minimum absolute atomic E-state index is 0. The molecule has 1 aliphatic heterocycles. The molecule has 1 aromatic rings. The zero-order valence-corrected chi connectivity index (χ0v) is 11.9. The molecule has 1 heterocycles. The van der Waals surface area contributed by atoms with Gasteiger partial charge >= 0.3 is 0 Å². The molecule has 19 heavy (non-hydrogen) atoms. The van der Waals surface area contributed by atoms with E-state index in [4.69, 9.17) is 5.73 Å². The molecule has 0 spiro atoms. The van der Waals surface area contributed by atoms with Gasteiger partial charge in [-0.05, 0) is 38.3 Å². The SMILES string of the molecule is Cc1ccc(O)c(C(=O)N2CCCCC2CN)c1.Cl. The number of carbonyl (C=O) groups excluding carboxylic acids is 1. The molecule has 0 aromatic heterocycles. The zero-order chi connectivity index (χ0) is 13.1. The molecule has 0 bridgehead atoms. The van der Waals surface area contributed by atoms with E-state index in [1.165, 1.54) is 0 Å². The Morgan fingerprint density at radius 2 is 2.21 bits per heavy atom. The average molecular weight is 285 g/mol. The van der Waals surface area contributed by atoms with E-state index >= 15 is 0 Å². The number of benzene rings is 1. The molecule has 0 radical (unpaired) electrons. The zero-order valence-electron chi connectivity index (χ0n) is 11.1. The number of aromatic hydroxyl groups is 1. The number of aryl methyl sites for hydroxylation is 1. The van der Waals surface area contributed by atoms with Gasteiger partial charge in [-0.2, -0.15) is 0 Å². The summed E-state index contributed by atoms with van der Waals surface area (Å²) < 4.78 is 0. The van der Waals surface area contributed by atoms with Crippen LogP contribution in [0.15, 0.2) is 18.2 Å². The third-order valence-corrected chi connectivity index (χ3v) is 3.54. The standard InChI is InChI=1S/C14H20N2O2.ClH/c1-10-5-6-13(17)12(8-10)14(18)16-7-3-2-4-11(16)9-15;/h5-6,8,11,17H,2-4,7,9,15H2,1H3;1H. The van der Waals surface area contributed by atoms with E-state index in [9.17, 15) is 9.90 Å². The van der Waals surface area contributed by atoms with E-state index in [0.717, 1.165) is 31.4 Å². The molecule has 2 rings (SSSR count). The van der Waals surface area contributed by atoms with Crippen molar-refractivity contribution in [1.82, 2.24) is 4.90 Å². The molecule has 3 N–H and O–H groups in total. The van der Waals surface area contributed by atoms with Gasteiger partial charge in [0, 0.05) is 19.1 Å². The fourth-order valence-electron chi connectivity index (χ4n) is 2.49. The predicted octanol–water partition coefficient (Wildman–Crippen LogP) is 2.08. The fraction of sp³-hybridized carbons (Fsp3) is 0.500. The Labute approximate surface area is 120 Å². The van der Waals surface area contributed by atoms with Gasteiger partial charge in [0.05, 0.1) is 5.56 Å². The van der Waals surface area contributed by atoms with Crippen molar-refractivity contribution in [3.05, 3.63) is 29.3 Å². The van der Waals surface area contributed by atoms with Gasteiger partial charge in [-0.15, -0.1) is 12.4 Å². The summed E-state index contributed by atoms with van der Waals surface area (Å²) in [5.74, 6) is -0.0571. The maximum Gasteiger partial charge on any atom is 0.257 e. The van der Waals surface area contributed by atoms with E-state index in [0.29, 0.717) is 12.1 Å². The van der Waals surface area contributed by atoms with Gasteiger partial charge in [-0.25, -0.2) is 0 Å². The minimum Gasteiger partial charge on any atom is -0.507 e. The lowest BCUT2D eigenvalue weighted by atomic mass is 10.00. The summed E-state index contributed by atoms with van der Waals surface area (Å²) in [6, 6.07) is 5.21. The lowest BCUT2D eigenvalue weighted by Crippen LogP contribution is -2.47. The molecule has 106 valence electrons. The Kier molecular flexibility index (Phi) is 5.63. The van der Waals surface area contributed by atoms with Crippen molar-refractivity contribution in [3.8, 4) is 5.75 Å². The van der Waals surface area contributed by atoms with Crippen LogP contribution in [0.2, 0.25) is 0 Å². The Morgan fingerprint density at radius 3 is 2.89 bits per heavy atom. The Morgan fingerprint density at radius 1 is 1.47 bits per heavy atom. The van der Waals surface area contributed by atoms with Crippen molar-refractivity contribution >= 4 is 18.3 Å². The smallest absolute Gasteiger partial charge is 0.257 e. The van der Waals surface area contributed by atoms with Gasteiger partial charge in [0.2, 0.25) is 0 Å². The van der Waals surface area contributed by atoms with Gasteiger partial charge < -0.3 is 15.7 Å². The average Bonchev–Trinajstić information content (AvgIpc) is 2.40. The highest BCUT2D eigenvalue weighted by atomic mass is 35.5. The van der Waals surface area contributed by atoms with Crippen LogP contribution >= 0.6 is 12.4 Å². The number of piperidine rings is 1. The number of hydrogen-bond donors (Lipinski definition) is 2. The largest absolute Gasteiger partial charge is 0.507 e. The molecule has 0 saturated carbocycles. The molecular formula is C14H21ClN2O2. The number of rotatable bonds is 2. The lowest BCUT2D eigenvalue weighted by molar-refractivity contribution is 0.0620. The van der Waals surface area contributed by atoms with Crippen LogP contribution in [0.5, 0.6) is 5.75 Å². The van der Waals surface area contributed by atoms with Crippen LogP contribution in [0.4, 0.5) is 0 Å². The first-order valence-electron chi connectivity index (χ1n) is 6.44. The molecule has 1 fully saturated rings. The number of phenols is 1. The van der Waals surface area contributed by atoms with Crippen molar-refractivity contribution in [3.63, 3.8) is 0 Å². The van der Waals surface area contributed by atoms with Gasteiger partial charge in [0.1, 0.15) is 5.75 Å². The number of likely N-dealkylation sites (tertiary alicyclic amines) is 1.